The number of aromatic nitrogens is 2. The van der Waals surface area contributed by atoms with E-state index in [1.54, 1.807) is 49.5 Å². The molecule has 0 radical (unpaired) electrons. The van der Waals surface area contributed by atoms with Crippen LogP contribution in [0.15, 0.2) is 82.8 Å². The van der Waals surface area contributed by atoms with Gasteiger partial charge in [0.05, 0.1) is 24.4 Å². The second-order valence-electron chi connectivity index (χ2n) is 15.2. The number of carbonyl (C=O) groups is 3. The minimum absolute atomic E-state index is 0.00470. The number of ether oxygens (including phenoxy) is 2. The average molecular weight is 851 g/mol. The van der Waals surface area contributed by atoms with Crippen molar-refractivity contribution in [2.24, 2.45) is 11.1 Å². The second kappa shape index (κ2) is 21.5. The molecule has 0 saturated heterocycles. The van der Waals surface area contributed by atoms with Crippen LogP contribution in [0.1, 0.15) is 85.9 Å². The van der Waals surface area contributed by atoms with E-state index in [0.717, 1.165) is 60.0 Å². The third-order valence-corrected chi connectivity index (χ3v) is 11.6. The average Bonchev–Trinajstić information content (AvgIpc) is 3.24. The van der Waals surface area contributed by atoms with E-state index in [1.165, 1.54) is 0 Å². The van der Waals surface area contributed by atoms with Gasteiger partial charge in [-0.3, -0.25) is 14.4 Å². The highest BCUT2D eigenvalue weighted by atomic mass is 32.2. The molecule has 2 aliphatic carbocycles. The number of hydrogen-bond acceptors (Lipinski definition) is 11. The summed E-state index contributed by atoms with van der Waals surface area (Å²) in [6, 6.07) is 17.2. The van der Waals surface area contributed by atoms with Gasteiger partial charge in [-0.15, -0.1) is 23.5 Å². The molecule has 0 unspecified atom stereocenters. The zero-order valence-electron chi connectivity index (χ0n) is 33.6. The largest absolute Gasteiger partial charge is 0.438 e. The van der Waals surface area contributed by atoms with Crippen molar-refractivity contribution in [1.29, 1.82) is 0 Å². The summed E-state index contributed by atoms with van der Waals surface area (Å²) in [5, 5.41) is 18.2. The fourth-order valence-corrected chi connectivity index (χ4v) is 7.42. The number of benzene rings is 2. The summed E-state index contributed by atoms with van der Waals surface area (Å²) in [4.78, 5) is 47.8. The molecule has 0 aliphatic heterocycles. The summed E-state index contributed by atoms with van der Waals surface area (Å²) >= 11 is 3.14. The monoisotopic (exact) mass is 850 g/mol. The molecule has 316 valence electrons. The normalized spacial score (nSPS) is 19.1. The number of aliphatic hydroxyl groups excluding tert-OH is 1. The summed E-state index contributed by atoms with van der Waals surface area (Å²) < 4.78 is 39.1. The third-order valence-electron chi connectivity index (χ3n) is 10.2. The van der Waals surface area contributed by atoms with E-state index in [-0.39, 0.29) is 65.5 Å². The Kier molecular flexibility index (Phi) is 16.5. The Morgan fingerprint density at radius 3 is 1.53 bits per heavy atom. The summed E-state index contributed by atoms with van der Waals surface area (Å²) in [6.07, 6.45) is 12.1. The first kappa shape index (κ1) is 45.3. The van der Waals surface area contributed by atoms with Gasteiger partial charge in [0, 0.05) is 34.0 Å². The van der Waals surface area contributed by atoms with Gasteiger partial charge in [0.1, 0.15) is 34.3 Å². The maximum Gasteiger partial charge on any atom is 0.257 e. The topological polar surface area (TPSA) is 178 Å². The van der Waals surface area contributed by atoms with Crippen LogP contribution in [0.25, 0.3) is 0 Å². The number of amides is 3. The van der Waals surface area contributed by atoms with Gasteiger partial charge in [0.2, 0.25) is 17.7 Å². The third kappa shape index (κ3) is 13.4. The van der Waals surface area contributed by atoms with Gasteiger partial charge >= 0.3 is 0 Å². The molecule has 6 rings (SSSR count). The first-order chi connectivity index (χ1) is 28.3. The fraction of sp³-hybridized carbons (Fsp3) is 0.419. The van der Waals surface area contributed by atoms with Gasteiger partial charge < -0.3 is 36.3 Å². The summed E-state index contributed by atoms with van der Waals surface area (Å²) in [5.74, 6) is -1.02. The minimum atomic E-state index is -0.832. The number of nitrogens with two attached hydrogens (primary N) is 1. The molecular weight excluding hydrogens is 799 g/mol. The Hall–Kier alpha value is -4.77. The van der Waals surface area contributed by atoms with Gasteiger partial charge in [-0.2, -0.15) is 0 Å². The van der Waals surface area contributed by atoms with Crippen LogP contribution < -0.4 is 31.2 Å². The summed E-state index contributed by atoms with van der Waals surface area (Å²) in [7, 11) is 0. The van der Waals surface area contributed by atoms with Crippen LogP contribution in [-0.2, 0) is 4.79 Å². The second-order valence-corrected chi connectivity index (χ2v) is 17.0. The molecule has 2 saturated carbocycles. The van der Waals surface area contributed by atoms with Crippen LogP contribution in [0.4, 0.5) is 8.78 Å². The van der Waals surface area contributed by atoms with Crippen molar-refractivity contribution in [1.82, 2.24) is 25.9 Å². The molecule has 2 aliphatic rings. The molecule has 2 heterocycles. The minimum Gasteiger partial charge on any atom is -0.438 e. The van der Waals surface area contributed by atoms with Crippen LogP contribution in [0.5, 0.6) is 23.3 Å². The molecule has 16 heteroatoms. The van der Waals surface area contributed by atoms with E-state index in [0.29, 0.717) is 37.2 Å². The molecule has 4 aromatic rings. The molecule has 3 amide bonds. The Bertz CT molecular complexity index is 2060. The lowest BCUT2D eigenvalue weighted by Gasteiger charge is -2.32. The number of pyridine rings is 2. The van der Waals surface area contributed by atoms with Crippen LogP contribution in [0.2, 0.25) is 0 Å². The highest BCUT2D eigenvalue weighted by Gasteiger charge is 2.31. The lowest BCUT2D eigenvalue weighted by atomic mass is 9.88. The van der Waals surface area contributed by atoms with E-state index in [4.69, 9.17) is 15.2 Å². The van der Waals surface area contributed by atoms with E-state index in [2.05, 4.69) is 25.9 Å². The lowest BCUT2D eigenvalue weighted by molar-refractivity contribution is -0.132. The zero-order valence-corrected chi connectivity index (χ0v) is 35.3. The molecule has 2 fully saturated rings. The quantitative estimate of drug-likeness (QED) is 0.0836. The number of halogens is 2. The van der Waals surface area contributed by atoms with E-state index >= 15 is 0 Å². The Labute approximate surface area is 352 Å². The van der Waals surface area contributed by atoms with Crippen molar-refractivity contribution < 1.29 is 37.7 Å². The molecule has 2 aromatic carbocycles. The molecular formula is C43H52F2N6O6S2. The zero-order chi connectivity index (χ0) is 42.5. The van der Waals surface area contributed by atoms with Crippen molar-refractivity contribution in [2.75, 3.05) is 19.1 Å². The maximum absolute atomic E-state index is 13.9. The Morgan fingerprint density at radius 2 is 1.12 bits per heavy atom. The van der Waals surface area contributed by atoms with Crippen LogP contribution in [0, 0.1) is 17.0 Å². The number of aliphatic hydroxyl groups is 1. The number of hydrogen-bond donors (Lipinski definition) is 5. The van der Waals surface area contributed by atoms with E-state index in [9.17, 15) is 28.3 Å². The highest BCUT2D eigenvalue weighted by Crippen LogP contribution is 2.30. The molecule has 0 spiro atoms. The maximum atomic E-state index is 13.9. The first-order valence-electron chi connectivity index (χ1n) is 19.5. The molecule has 12 nitrogen and oxygen atoms in total. The Balaban J connectivity index is 0.000000230. The van der Waals surface area contributed by atoms with Gasteiger partial charge in [-0.1, -0.05) is 12.1 Å². The lowest BCUT2D eigenvalue weighted by Crippen LogP contribution is -2.48. The number of nitrogens with zero attached hydrogens (tertiary/aromatic N) is 2. The summed E-state index contributed by atoms with van der Waals surface area (Å²) in [5.41, 5.74) is 5.19. The number of thioether (sulfide) groups is 2. The molecule has 0 bridgehead atoms. The van der Waals surface area contributed by atoms with Crippen LogP contribution in [0.3, 0.4) is 0 Å². The number of rotatable bonds is 13. The molecule has 59 heavy (non-hydrogen) atoms. The van der Waals surface area contributed by atoms with Crippen molar-refractivity contribution in [3.63, 3.8) is 0 Å². The van der Waals surface area contributed by atoms with Crippen LogP contribution >= 0.6 is 23.5 Å². The first-order valence-corrected chi connectivity index (χ1v) is 22.0. The van der Waals surface area contributed by atoms with Crippen LogP contribution in [-0.4, -0.2) is 76.1 Å². The van der Waals surface area contributed by atoms with Crippen molar-refractivity contribution in [3.8, 4) is 23.3 Å². The highest BCUT2D eigenvalue weighted by molar-refractivity contribution is 7.98. The SMILES string of the molecule is CSc1cccc(Oc2ncc(F)cc2C(=O)NC2CCC(N)CC2)c1.CSc1cccc(Oc2ncc(F)cc2C(=O)NC2CCC(NC(=O)C(C)(C)CO)CC2)c1. The fourth-order valence-electron chi connectivity index (χ4n) is 6.52. The van der Waals surface area contributed by atoms with Crippen molar-refractivity contribution >= 4 is 41.2 Å². The number of carbonyl (C=O) groups excluding carboxylic acids is 3. The molecule has 2 aromatic heterocycles. The molecule has 0 atom stereocenters. The predicted molar refractivity (Wildman–Crippen MR) is 225 cm³/mol. The molecule has 6 N–H and O–H groups in total. The van der Waals surface area contributed by atoms with E-state index < -0.39 is 23.0 Å². The van der Waals surface area contributed by atoms with Gasteiger partial charge in [-0.25, -0.2) is 18.7 Å². The van der Waals surface area contributed by atoms with Gasteiger partial charge in [0.25, 0.3) is 11.8 Å². The van der Waals surface area contributed by atoms with Crippen molar-refractivity contribution in [2.45, 2.75) is 99.2 Å². The smallest absolute Gasteiger partial charge is 0.257 e. The van der Waals surface area contributed by atoms with Gasteiger partial charge in [-0.05, 0) is 126 Å². The Morgan fingerprint density at radius 1 is 0.712 bits per heavy atom. The van der Waals surface area contributed by atoms with E-state index in [1.807, 2.05) is 48.9 Å². The predicted octanol–water partition coefficient (Wildman–Crippen LogP) is 7.65. The van der Waals surface area contributed by atoms with Gasteiger partial charge in [0.15, 0.2) is 0 Å². The number of nitrogens with one attached hydrogen (secondary N) is 3. The summed E-state index contributed by atoms with van der Waals surface area (Å²) in [6.45, 7) is 3.16. The standard InChI is InChI=1S/C24H30FN3O4S.C19H22FN3O2S/c1-24(2,14-29)23(31)28-17-9-7-16(8-10-17)27-21(30)20-11-15(25)13-26-22(20)32-18-5-4-6-19(12-18)33-3;1-26-16-4-2-3-15(10-16)25-19-17(9-12(20)11-22-19)18(24)23-14-7-5-13(21)6-8-14/h4-6,11-13,16-17,29H,7-10,14H2,1-3H3,(H,27,30)(H,28,31);2-4,9-11,13-14H,5-8,21H2,1H3,(H,23,24). The van der Waals surface area contributed by atoms with Crippen molar-refractivity contribution in [3.05, 3.63) is 95.8 Å².